The second-order valence-electron chi connectivity index (χ2n) is 6.49. The first-order valence-corrected chi connectivity index (χ1v) is 8.84. The molecule has 0 bridgehead atoms. The summed E-state index contributed by atoms with van der Waals surface area (Å²) in [6, 6.07) is 0. The van der Waals surface area contributed by atoms with Crippen molar-refractivity contribution in [3.05, 3.63) is 0 Å². The molecule has 0 aromatic rings. The largest absolute Gasteiger partial charge is 0.349 e. The van der Waals surface area contributed by atoms with Crippen molar-refractivity contribution in [3.63, 3.8) is 0 Å². The molecule has 10 nitrogen and oxygen atoms in total. The first kappa shape index (κ1) is 19.4. The van der Waals surface area contributed by atoms with Crippen molar-refractivity contribution >= 4 is 0 Å². The van der Waals surface area contributed by atoms with Crippen LogP contribution in [0.15, 0.2) is 0 Å². The average Bonchev–Trinajstić information content (AvgIpc) is 3.35. The van der Waals surface area contributed by atoms with Crippen LogP contribution in [0.25, 0.3) is 0 Å². The minimum Gasteiger partial charge on any atom is -0.349 e. The Hall–Kier alpha value is -0.400. The number of rotatable bonds is 9. The molecule has 0 saturated carbocycles. The zero-order valence-electron chi connectivity index (χ0n) is 14.5. The molecule has 146 valence electrons. The first-order valence-electron chi connectivity index (χ1n) is 8.84. The van der Waals surface area contributed by atoms with Crippen LogP contribution >= 0.6 is 0 Å². The second-order valence-corrected chi connectivity index (χ2v) is 6.49. The van der Waals surface area contributed by atoms with Gasteiger partial charge in [-0.15, -0.1) is 0 Å². The normalized spacial score (nSPS) is 38.9. The van der Waals surface area contributed by atoms with E-state index < -0.39 is 0 Å². The Morgan fingerprint density at radius 1 is 0.600 bits per heavy atom. The highest BCUT2D eigenvalue weighted by molar-refractivity contribution is 4.77. The fraction of sp³-hybridized carbons (Fsp3) is 1.00. The van der Waals surface area contributed by atoms with Gasteiger partial charge in [0.1, 0.15) is 0 Å². The van der Waals surface area contributed by atoms with E-state index in [1.807, 2.05) is 0 Å². The zero-order chi connectivity index (χ0) is 17.6. The number of hydrogen-bond donors (Lipinski definition) is 3. The maximum absolute atomic E-state index is 5.77. The molecule has 0 aliphatic carbocycles. The molecule has 3 saturated heterocycles. The molecule has 10 heteroatoms. The molecule has 0 aromatic heterocycles. The Balaban J connectivity index is 1.52. The zero-order valence-corrected chi connectivity index (χ0v) is 14.5. The number of ether oxygens (including phenoxy) is 6. The monoisotopic (exact) mass is 362 g/mol. The van der Waals surface area contributed by atoms with E-state index in [1.54, 1.807) is 0 Å². The molecule has 3 heterocycles. The predicted molar refractivity (Wildman–Crippen MR) is 87.4 cm³/mol. The van der Waals surface area contributed by atoms with E-state index in [9.17, 15) is 0 Å². The van der Waals surface area contributed by atoms with Gasteiger partial charge >= 0.3 is 0 Å². The second kappa shape index (κ2) is 9.51. The smallest absolute Gasteiger partial charge is 0.170 e. The number of hydrogen-bond acceptors (Lipinski definition) is 10. The van der Waals surface area contributed by atoms with E-state index in [0.717, 1.165) is 0 Å². The molecule has 25 heavy (non-hydrogen) atoms. The molecule has 0 amide bonds. The van der Waals surface area contributed by atoms with Crippen LogP contribution in [-0.2, 0) is 28.4 Å². The van der Waals surface area contributed by atoms with Crippen molar-refractivity contribution in [1.82, 2.24) is 4.90 Å². The molecule has 3 fully saturated rings. The fourth-order valence-electron chi connectivity index (χ4n) is 3.11. The summed E-state index contributed by atoms with van der Waals surface area (Å²) in [5.41, 5.74) is 16.9. The maximum atomic E-state index is 5.77. The molecule has 0 aromatic carbocycles. The van der Waals surface area contributed by atoms with Gasteiger partial charge in [-0.2, -0.15) is 0 Å². The molecule has 0 spiro atoms. The molecular weight excluding hydrogens is 332 g/mol. The van der Waals surface area contributed by atoms with Gasteiger partial charge in [0, 0.05) is 39.3 Å². The Morgan fingerprint density at radius 2 is 1.08 bits per heavy atom. The minimum absolute atomic E-state index is 0.0554. The topological polar surface area (TPSA) is 137 Å². The standard InChI is InChI=1S/C15H30N4O6/c16-1-10-7-21-14(23-10)5-19(4-12-9-20-13(3-18)25-12)6-15-22-8-11(2-17)24-15/h10-15H,1-9,16-18H2. The summed E-state index contributed by atoms with van der Waals surface area (Å²) in [6.07, 6.45) is -1.17. The Bertz CT molecular complexity index is 349. The summed E-state index contributed by atoms with van der Waals surface area (Å²) in [5.74, 6) is 0. The Labute approximate surface area is 147 Å². The predicted octanol–water partition coefficient (Wildman–Crippen LogP) is -2.61. The van der Waals surface area contributed by atoms with Crippen LogP contribution < -0.4 is 17.2 Å². The highest BCUT2D eigenvalue weighted by atomic mass is 16.7. The molecule has 6 unspecified atom stereocenters. The van der Waals surface area contributed by atoms with Gasteiger partial charge in [0.15, 0.2) is 18.9 Å². The van der Waals surface area contributed by atoms with E-state index in [2.05, 4.69) is 4.90 Å². The molecule has 0 radical (unpaired) electrons. The van der Waals surface area contributed by atoms with Crippen molar-refractivity contribution in [2.45, 2.75) is 37.2 Å². The molecular formula is C15H30N4O6. The molecule has 6 N–H and O–H groups in total. The average molecular weight is 362 g/mol. The van der Waals surface area contributed by atoms with Gasteiger partial charge < -0.3 is 45.6 Å². The summed E-state index contributed by atoms with van der Waals surface area (Å²) in [7, 11) is 0. The van der Waals surface area contributed by atoms with Crippen molar-refractivity contribution in [3.8, 4) is 0 Å². The van der Waals surface area contributed by atoms with E-state index in [0.29, 0.717) is 59.1 Å². The lowest BCUT2D eigenvalue weighted by Gasteiger charge is -2.28. The Kier molecular flexibility index (Phi) is 7.37. The van der Waals surface area contributed by atoms with Gasteiger partial charge in [-0.1, -0.05) is 0 Å². The lowest BCUT2D eigenvalue weighted by atomic mass is 10.3. The lowest BCUT2D eigenvalue weighted by Crippen LogP contribution is -2.44. The summed E-state index contributed by atoms with van der Waals surface area (Å²) in [6.45, 7) is 4.55. The number of nitrogens with zero attached hydrogens (tertiary/aromatic N) is 1. The van der Waals surface area contributed by atoms with Crippen LogP contribution in [0.4, 0.5) is 0 Å². The van der Waals surface area contributed by atoms with E-state index >= 15 is 0 Å². The molecule has 3 rings (SSSR count). The highest BCUT2D eigenvalue weighted by Gasteiger charge is 2.33. The molecule has 3 aliphatic rings. The van der Waals surface area contributed by atoms with Gasteiger partial charge in [0.25, 0.3) is 0 Å². The van der Waals surface area contributed by atoms with Crippen LogP contribution in [0.1, 0.15) is 0 Å². The van der Waals surface area contributed by atoms with E-state index in [-0.39, 0.29) is 37.2 Å². The summed E-state index contributed by atoms with van der Waals surface area (Å²) in [4.78, 5) is 2.14. The fourth-order valence-corrected chi connectivity index (χ4v) is 3.11. The molecule has 3 aliphatic heterocycles. The van der Waals surface area contributed by atoms with Crippen molar-refractivity contribution < 1.29 is 28.4 Å². The maximum Gasteiger partial charge on any atom is 0.170 e. The van der Waals surface area contributed by atoms with Crippen LogP contribution in [0.5, 0.6) is 0 Å². The number of nitrogens with two attached hydrogens (primary N) is 3. The van der Waals surface area contributed by atoms with Crippen LogP contribution in [0.3, 0.4) is 0 Å². The molecule has 6 atom stereocenters. The highest BCUT2D eigenvalue weighted by Crippen LogP contribution is 2.18. The van der Waals surface area contributed by atoms with Gasteiger partial charge in [0.05, 0.1) is 38.1 Å². The van der Waals surface area contributed by atoms with Crippen molar-refractivity contribution in [1.29, 1.82) is 0 Å². The van der Waals surface area contributed by atoms with Gasteiger partial charge in [0.2, 0.25) is 0 Å². The summed E-state index contributed by atoms with van der Waals surface area (Å²) in [5, 5.41) is 0. The SMILES string of the molecule is NCC1COC(CN(CC2COC(CN)O2)CC2OCC(CN)O2)O1. The minimum atomic E-state index is -0.340. The third-order valence-electron chi connectivity index (χ3n) is 4.43. The first-order chi connectivity index (χ1) is 12.2. The summed E-state index contributed by atoms with van der Waals surface area (Å²) < 4.78 is 34.1. The van der Waals surface area contributed by atoms with Crippen LogP contribution in [0.2, 0.25) is 0 Å². The van der Waals surface area contributed by atoms with Crippen molar-refractivity contribution in [2.24, 2.45) is 17.2 Å². The van der Waals surface area contributed by atoms with E-state index in [4.69, 9.17) is 45.6 Å². The summed E-state index contributed by atoms with van der Waals surface area (Å²) >= 11 is 0. The van der Waals surface area contributed by atoms with Gasteiger partial charge in [-0.25, -0.2) is 0 Å². The quantitative estimate of drug-likeness (QED) is 0.400. The Morgan fingerprint density at radius 3 is 1.52 bits per heavy atom. The van der Waals surface area contributed by atoms with Gasteiger partial charge in [-0.05, 0) is 0 Å². The third-order valence-corrected chi connectivity index (χ3v) is 4.43. The third kappa shape index (κ3) is 5.54. The van der Waals surface area contributed by atoms with E-state index in [1.165, 1.54) is 0 Å². The van der Waals surface area contributed by atoms with Gasteiger partial charge in [-0.3, -0.25) is 4.90 Å². The van der Waals surface area contributed by atoms with Crippen molar-refractivity contribution in [2.75, 3.05) is 59.1 Å². The van der Waals surface area contributed by atoms with Crippen LogP contribution in [0, 0.1) is 0 Å². The lowest BCUT2D eigenvalue weighted by molar-refractivity contribution is -0.113. The van der Waals surface area contributed by atoms with Crippen LogP contribution in [-0.4, -0.2) is 101 Å².